The van der Waals surface area contributed by atoms with Crippen LogP contribution in [0.5, 0.6) is 0 Å². The lowest BCUT2D eigenvalue weighted by Crippen LogP contribution is -2.35. The van der Waals surface area contributed by atoms with Crippen LogP contribution in [0.2, 0.25) is 0 Å². The van der Waals surface area contributed by atoms with Gasteiger partial charge in [0.2, 0.25) is 17.6 Å². The molecule has 1 aliphatic heterocycles. The lowest BCUT2D eigenvalue weighted by Gasteiger charge is -2.22. The van der Waals surface area contributed by atoms with Crippen LogP contribution >= 0.6 is 0 Å². The lowest BCUT2D eigenvalue weighted by molar-refractivity contribution is -0.132. The first-order chi connectivity index (χ1) is 11.7. The average Bonchev–Trinajstić information content (AvgIpc) is 2.96. The zero-order valence-corrected chi connectivity index (χ0v) is 13.9. The zero-order chi connectivity index (χ0) is 16.8. The van der Waals surface area contributed by atoms with Crippen LogP contribution < -0.4 is 0 Å². The number of hydrogen-bond donors (Lipinski definition) is 0. The molecule has 0 N–H and O–H groups in total. The second kappa shape index (κ2) is 8.01. The maximum absolute atomic E-state index is 12.3. The Morgan fingerprint density at radius 3 is 3.21 bits per heavy atom. The van der Waals surface area contributed by atoms with E-state index in [1.807, 2.05) is 24.0 Å². The highest BCUT2D eigenvalue weighted by molar-refractivity contribution is 5.76. The molecule has 0 bridgehead atoms. The van der Waals surface area contributed by atoms with E-state index in [-0.39, 0.29) is 12.0 Å². The van der Waals surface area contributed by atoms with E-state index in [4.69, 9.17) is 9.26 Å². The van der Waals surface area contributed by atoms with Crippen molar-refractivity contribution in [1.29, 1.82) is 0 Å². The summed E-state index contributed by atoms with van der Waals surface area (Å²) in [5, 5.41) is 3.96. The van der Waals surface area contributed by atoms with E-state index in [1.54, 1.807) is 12.4 Å². The van der Waals surface area contributed by atoms with Crippen molar-refractivity contribution >= 4 is 5.91 Å². The second-order valence-electron chi connectivity index (χ2n) is 5.98. The number of aromatic nitrogens is 3. The van der Waals surface area contributed by atoms with Crippen LogP contribution in [-0.4, -0.2) is 51.7 Å². The summed E-state index contributed by atoms with van der Waals surface area (Å²) >= 11 is 0. The Morgan fingerprint density at radius 1 is 1.46 bits per heavy atom. The SMILES string of the molecule is CC1CN(C(=O)CCCc2nc(-c3cccnc3)no2)CCCO1. The van der Waals surface area contributed by atoms with Gasteiger partial charge in [0.1, 0.15) is 0 Å². The van der Waals surface area contributed by atoms with Gasteiger partial charge in [-0.3, -0.25) is 9.78 Å². The summed E-state index contributed by atoms with van der Waals surface area (Å²) in [6, 6.07) is 3.71. The smallest absolute Gasteiger partial charge is 0.226 e. The van der Waals surface area contributed by atoms with Crippen LogP contribution in [0.4, 0.5) is 0 Å². The van der Waals surface area contributed by atoms with E-state index in [1.165, 1.54) is 0 Å². The molecule has 1 fully saturated rings. The van der Waals surface area contributed by atoms with Crippen molar-refractivity contribution in [3.8, 4) is 11.4 Å². The molecule has 2 aromatic rings. The quantitative estimate of drug-likeness (QED) is 0.835. The molecule has 1 saturated heterocycles. The summed E-state index contributed by atoms with van der Waals surface area (Å²) < 4.78 is 10.8. The van der Waals surface area contributed by atoms with Gasteiger partial charge in [-0.25, -0.2) is 0 Å². The number of aryl methyl sites for hydroxylation is 1. The largest absolute Gasteiger partial charge is 0.377 e. The molecule has 3 heterocycles. The van der Waals surface area contributed by atoms with Gasteiger partial charge in [0.15, 0.2) is 0 Å². The first-order valence-corrected chi connectivity index (χ1v) is 8.35. The highest BCUT2D eigenvalue weighted by atomic mass is 16.5. The third-order valence-electron chi connectivity index (χ3n) is 3.97. The molecule has 7 nitrogen and oxygen atoms in total. The minimum atomic E-state index is 0.106. The maximum atomic E-state index is 12.3. The topological polar surface area (TPSA) is 81.4 Å². The van der Waals surface area contributed by atoms with Gasteiger partial charge in [0, 0.05) is 50.5 Å². The number of pyridine rings is 1. The number of hydrogen-bond acceptors (Lipinski definition) is 6. The molecule has 2 aromatic heterocycles. The molecule has 128 valence electrons. The Balaban J connectivity index is 1.48. The highest BCUT2D eigenvalue weighted by Gasteiger charge is 2.19. The van der Waals surface area contributed by atoms with E-state index in [0.717, 1.165) is 25.1 Å². The fourth-order valence-corrected chi connectivity index (χ4v) is 2.74. The van der Waals surface area contributed by atoms with Crippen molar-refractivity contribution in [2.75, 3.05) is 19.7 Å². The summed E-state index contributed by atoms with van der Waals surface area (Å²) in [6.07, 6.45) is 6.17. The first-order valence-electron chi connectivity index (χ1n) is 8.35. The Bertz CT molecular complexity index is 659. The molecule has 0 saturated carbocycles. The molecule has 1 unspecified atom stereocenters. The van der Waals surface area contributed by atoms with Gasteiger partial charge in [-0.15, -0.1) is 0 Å². The number of ether oxygens (including phenoxy) is 1. The number of carbonyl (C=O) groups is 1. The molecule has 0 aromatic carbocycles. The van der Waals surface area contributed by atoms with Crippen molar-refractivity contribution in [2.45, 2.75) is 38.7 Å². The molecule has 3 rings (SSSR count). The Hall–Kier alpha value is -2.28. The fraction of sp³-hybridized carbons (Fsp3) is 0.529. The van der Waals surface area contributed by atoms with E-state index < -0.39 is 0 Å². The van der Waals surface area contributed by atoms with Gasteiger partial charge < -0.3 is 14.2 Å². The van der Waals surface area contributed by atoms with Crippen molar-refractivity contribution in [3.05, 3.63) is 30.4 Å². The van der Waals surface area contributed by atoms with Crippen LogP contribution in [0.3, 0.4) is 0 Å². The number of nitrogens with zero attached hydrogens (tertiary/aromatic N) is 4. The van der Waals surface area contributed by atoms with Gasteiger partial charge in [0.25, 0.3) is 0 Å². The van der Waals surface area contributed by atoms with Crippen LogP contribution in [0.25, 0.3) is 11.4 Å². The van der Waals surface area contributed by atoms with Gasteiger partial charge in [0.05, 0.1) is 6.10 Å². The van der Waals surface area contributed by atoms with Crippen molar-refractivity contribution in [3.63, 3.8) is 0 Å². The molecule has 1 aliphatic rings. The maximum Gasteiger partial charge on any atom is 0.226 e. The Labute approximate surface area is 141 Å². The summed E-state index contributed by atoms with van der Waals surface area (Å²) in [4.78, 5) is 22.6. The molecular formula is C17H22N4O3. The third-order valence-corrected chi connectivity index (χ3v) is 3.97. The van der Waals surface area contributed by atoms with Gasteiger partial charge in [-0.1, -0.05) is 5.16 Å². The molecule has 24 heavy (non-hydrogen) atoms. The van der Waals surface area contributed by atoms with Crippen molar-refractivity contribution < 1.29 is 14.1 Å². The number of amides is 1. The molecule has 0 radical (unpaired) electrons. The predicted molar refractivity (Wildman–Crippen MR) is 87.1 cm³/mol. The molecule has 7 heteroatoms. The van der Waals surface area contributed by atoms with E-state index in [2.05, 4.69) is 15.1 Å². The summed E-state index contributed by atoms with van der Waals surface area (Å²) in [6.45, 7) is 4.17. The highest BCUT2D eigenvalue weighted by Crippen LogP contribution is 2.15. The minimum Gasteiger partial charge on any atom is -0.377 e. The molecule has 0 aliphatic carbocycles. The van der Waals surface area contributed by atoms with E-state index >= 15 is 0 Å². The Kier molecular flexibility index (Phi) is 5.53. The van der Waals surface area contributed by atoms with Crippen molar-refractivity contribution in [2.24, 2.45) is 0 Å². The average molecular weight is 330 g/mol. The normalized spacial score (nSPS) is 18.4. The zero-order valence-electron chi connectivity index (χ0n) is 13.9. The van der Waals surface area contributed by atoms with Crippen LogP contribution in [0.1, 0.15) is 32.1 Å². The summed E-state index contributed by atoms with van der Waals surface area (Å²) in [5.41, 5.74) is 0.821. The molecule has 1 atom stereocenters. The Morgan fingerprint density at radius 2 is 2.38 bits per heavy atom. The van der Waals surface area contributed by atoms with Crippen LogP contribution in [-0.2, 0) is 16.0 Å². The number of rotatable bonds is 5. The first kappa shape index (κ1) is 16.6. The van der Waals surface area contributed by atoms with Gasteiger partial charge >= 0.3 is 0 Å². The molecule has 1 amide bonds. The van der Waals surface area contributed by atoms with Crippen LogP contribution in [0, 0.1) is 0 Å². The van der Waals surface area contributed by atoms with Crippen molar-refractivity contribution in [1.82, 2.24) is 20.0 Å². The summed E-state index contributed by atoms with van der Waals surface area (Å²) in [5.74, 6) is 1.25. The fourth-order valence-electron chi connectivity index (χ4n) is 2.74. The monoisotopic (exact) mass is 330 g/mol. The van der Waals surface area contributed by atoms with Gasteiger partial charge in [-0.2, -0.15) is 4.98 Å². The van der Waals surface area contributed by atoms with E-state index in [9.17, 15) is 4.79 Å². The standard InChI is InChI=1S/C17H22N4O3/c1-13-12-21(9-4-10-23-13)16(22)7-2-6-15-19-17(20-24-15)14-5-3-8-18-11-14/h3,5,8,11,13H,2,4,6-7,9-10,12H2,1H3. The molecular weight excluding hydrogens is 308 g/mol. The third kappa shape index (κ3) is 4.38. The predicted octanol–water partition coefficient (Wildman–Crippen LogP) is 2.09. The summed E-state index contributed by atoms with van der Waals surface area (Å²) in [7, 11) is 0. The minimum absolute atomic E-state index is 0.106. The van der Waals surface area contributed by atoms with E-state index in [0.29, 0.717) is 37.5 Å². The van der Waals surface area contributed by atoms with Gasteiger partial charge in [-0.05, 0) is 31.9 Å². The number of carbonyl (C=O) groups excluding carboxylic acids is 1. The molecule has 0 spiro atoms. The van der Waals surface area contributed by atoms with Crippen LogP contribution in [0.15, 0.2) is 29.0 Å². The lowest BCUT2D eigenvalue weighted by atomic mass is 10.2. The second-order valence-corrected chi connectivity index (χ2v) is 5.98.